The van der Waals surface area contributed by atoms with E-state index in [0.717, 1.165) is 0 Å². The Kier molecular flexibility index (Phi) is 5.20. The van der Waals surface area contributed by atoms with Crippen molar-refractivity contribution in [2.24, 2.45) is 0 Å². The van der Waals surface area contributed by atoms with Gasteiger partial charge in [-0.15, -0.1) is 13.2 Å². The maximum Gasteiger partial charge on any atom is 0.573 e. The second kappa shape index (κ2) is 7.82. The van der Waals surface area contributed by atoms with Crippen LogP contribution in [0.2, 0.25) is 0 Å². The lowest BCUT2D eigenvalue weighted by molar-refractivity contribution is -0.274. The Morgan fingerprint density at radius 1 is 1.07 bits per heavy atom. The summed E-state index contributed by atoms with van der Waals surface area (Å²) in [5.74, 6) is 0.710. The molecule has 3 heterocycles. The van der Waals surface area contributed by atoms with Crippen molar-refractivity contribution in [1.82, 2.24) is 34.7 Å². The van der Waals surface area contributed by atoms with Crippen LogP contribution in [0.4, 0.5) is 19.0 Å². The second-order valence-corrected chi connectivity index (χ2v) is 6.87. The number of hydrogen-bond donors (Lipinski definition) is 1. The van der Waals surface area contributed by atoms with Crippen molar-refractivity contribution in [3.63, 3.8) is 0 Å². The fourth-order valence-electron chi connectivity index (χ4n) is 2.78. The topological polar surface area (TPSA) is 104 Å². The van der Waals surface area contributed by atoms with Crippen molar-refractivity contribution >= 4 is 32.7 Å². The van der Waals surface area contributed by atoms with E-state index in [0.29, 0.717) is 33.0 Å². The van der Waals surface area contributed by atoms with Crippen LogP contribution in [-0.2, 0) is 0 Å². The van der Waals surface area contributed by atoms with E-state index < -0.39 is 18.2 Å². The molecule has 4 aromatic rings. The molecule has 0 fully saturated rings. The van der Waals surface area contributed by atoms with Crippen LogP contribution in [-0.4, -0.2) is 41.1 Å². The number of alkyl halides is 3. The number of hydrogen-bond acceptors (Lipinski definition) is 8. The number of nitrogens with one attached hydrogen (secondary N) is 1. The molecule has 9 nitrogen and oxygen atoms in total. The summed E-state index contributed by atoms with van der Waals surface area (Å²) in [5.41, 5.74) is 0.419. The smallest absolute Gasteiger partial charge is 0.406 e. The molecule has 0 saturated heterocycles. The van der Waals surface area contributed by atoms with Crippen molar-refractivity contribution in [1.29, 1.82) is 0 Å². The Morgan fingerprint density at radius 3 is 2.57 bits per heavy atom. The summed E-state index contributed by atoms with van der Waals surface area (Å²) in [4.78, 5) is 20.8. The standard InChI is InChI=1S/C17H12BrF3N8O/c1-9(15-26-8-27-29(15)16-22-3-2-4-23-16)28-14-11-5-10(30-17(19,20)21)6-12(18)13(11)24-7-25-14/h2-9H,1H3,(H,24,25,28). The van der Waals surface area contributed by atoms with Crippen LogP contribution < -0.4 is 10.1 Å². The van der Waals surface area contributed by atoms with Crippen LogP contribution in [0.3, 0.4) is 0 Å². The maximum absolute atomic E-state index is 12.7. The van der Waals surface area contributed by atoms with E-state index in [1.54, 1.807) is 25.4 Å². The van der Waals surface area contributed by atoms with Gasteiger partial charge in [0, 0.05) is 22.3 Å². The van der Waals surface area contributed by atoms with E-state index in [2.05, 4.69) is 56.0 Å². The van der Waals surface area contributed by atoms with Gasteiger partial charge in [0.2, 0.25) is 0 Å². The predicted molar refractivity (Wildman–Crippen MR) is 103 cm³/mol. The van der Waals surface area contributed by atoms with Gasteiger partial charge in [-0.05, 0) is 41.1 Å². The molecule has 30 heavy (non-hydrogen) atoms. The highest BCUT2D eigenvalue weighted by atomic mass is 79.9. The SMILES string of the molecule is CC(Nc1ncnc2c(Br)cc(OC(F)(F)F)cc12)c1ncnn1-c1ncccn1. The summed E-state index contributed by atoms with van der Waals surface area (Å²) in [6, 6.07) is 3.64. The van der Waals surface area contributed by atoms with Crippen LogP contribution in [0.1, 0.15) is 18.8 Å². The third-order valence-electron chi connectivity index (χ3n) is 3.96. The molecule has 1 atom stereocenters. The van der Waals surface area contributed by atoms with Crippen molar-refractivity contribution in [3.8, 4) is 11.7 Å². The molecule has 1 N–H and O–H groups in total. The molecule has 0 spiro atoms. The number of ether oxygens (including phenoxy) is 1. The normalized spacial score (nSPS) is 12.7. The zero-order valence-corrected chi connectivity index (χ0v) is 16.8. The minimum Gasteiger partial charge on any atom is -0.406 e. The summed E-state index contributed by atoms with van der Waals surface area (Å²) >= 11 is 3.23. The summed E-state index contributed by atoms with van der Waals surface area (Å²) in [6.45, 7) is 1.79. The van der Waals surface area contributed by atoms with Gasteiger partial charge in [0.25, 0.3) is 5.95 Å². The number of fused-ring (bicyclic) bond motifs is 1. The Hall–Kier alpha value is -3.35. The van der Waals surface area contributed by atoms with E-state index in [1.165, 1.54) is 29.5 Å². The molecule has 154 valence electrons. The first-order chi connectivity index (χ1) is 14.3. The van der Waals surface area contributed by atoms with Gasteiger partial charge >= 0.3 is 6.36 Å². The highest BCUT2D eigenvalue weighted by molar-refractivity contribution is 9.10. The molecular weight excluding hydrogens is 469 g/mol. The van der Waals surface area contributed by atoms with E-state index >= 15 is 0 Å². The van der Waals surface area contributed by atoms with Gasteiger partial charge in [-0.2, -0.15) is 9.78 Å². The molecule has 3 aromatic heterocycles. The highest BCUT2D eigenvalue weighted by Crippen LogP contribution is 2.34. The zero-order chi connectivity index (χ0) is 21.3. The summed E-state index contributed by atoms with van der Waals surface area (Å²) in [6.07, 6.45) is 0.980. The number of anilines is 1. The Morgan fingerprint density at radius 2 is 1.83 bits per heavy atom. The quantitative estimate of drug-likeness (QED) is 0.459. The average Bonchev–Trinajstić information content (AvgIpc) is 3.18. The Labute approximate surface area is 175 Å². The van der Waals surface area contributed by atoms with Gasteiger partial charge in [0.05, 0.1) is 11.6 Å². The highest BCUT2D eigenvalue weighted by Gasteiger charge is 2.31. The average molecular weight is 481 g/mol. The van der Waals surface area contributed by atoms with Gasteiger partial charge in [-0.3, -0.25) is 0 Å². The van der Waals surface area contributed by atoms with Crippen molar-refractivity contribution in [2.75, 3.05) is 5.32 Å². The fraction of sp³-hybridized carbons (Fsp3) is 0.176. The number of rotatable bonds is 5. The lowest BCUT2D eigenvalue weighted by atomic mass is 10.2. The maximum atomic E-state index is 12.7. The van der Waals surface area contributed by atoms with Crippen LogP contribution in [0.25, 0.3) is 16.9 Å². The molecule has 0 saturated carbocycles. The largest absolute Gasteiger partial charge is 0.573 e. The molecule has 0 aliphatic rings. The molecule has 0 aliphatic carbocycles. The van der Waals surface area contributed by atoms with Crippen molar-refractivity contribution in [2.45, 2.75) is 19.3 Å². The lowest BCUT2D eigenvalue weighted by Crippen LogP contribution is -2.17. The van der Waals surface area contributed by atoms with Gasteiger partial charge in [-0.25, -0.2) is 24.9 Å². The van der Waals surface area contributed by atoms with Crippen LogP contribution >= 0.6 is 15.9 Å². The summed E-state index contributed by atoms with van der Waals surface area (Å²) in [7, 11) is 0. The monoisotopic (exact) mass is 480 g/mol. The summed E-state index contributed by atoms with van der Waals surface area (Å²) in [5, 5.41) is 7.60. The number of nitrogens with zero attached hydrogens (tertiary/aromatic N) is 7. The second-order valence-electron chi connectivity index (χ2n) is 6.02. The predicted octanol–water partition coefficient (Wildman–Crippen LogP) is 3.83. The van der Waals surface area contributed by atoms with Crippen LogP contribution in [0, 0.1) is 0 Å². The molecule has 1 aromatic carbocycles. The molecule has 13 heteroatoms. The number of benzene rings is 1. The Balaban J connectivity index is 1.70. The van der Waals surface area contributed by atoms with E-state index in [9.17, 15) is 13.2 Å². The van der Waals surface area contributed by atoms with Gasteiger partial charge in [0.15, 0.2) is 5.82 Å². The Bertz CT molecular complexity index is 1180. The van der Waals surface area contributed by atoms with E-state index in [4.69, 9.17) is 0 Å². The number of halogens is 4. The molecule has 1 unspecified atom stereocenters. The molecular formula is C17H12BrF3N8O. The first kappa shape index (κ1) is 19.9. The molecule has 0 aliphatic heterocycles. The van der Waals surface area contributed by atoms with Crippen molar-refractivity contribution in [3.05, 3.63) is 53.5 Å². The third-order valence-corrected chi connectivity index (χ3v) is 4.56. The van der Waals surface area contributed by atoms with Crippen molar-refractivity contribution < 1.29 is 17.9 Å². The number of aromatic nitrogens is 7. The van der Waals surface area contributed by atoms with Gasteiger partial charge in [0.1, 0.15) is 24.2 Å². The minimum absolute atomic E-state index is 0.296. The summed E-state index contributed by atoms with van der Waals surface area (Å²) < 4.78 is 43.8. The molecule has 0 amide bonds. The van der Waals surface area contributed by atoms with Crippen LogP contribution in [0.5, 0.6) is 5.75 Å². The molecule has 0 bridgehead atoms. The van der Waals surface area contributed by atoms with Crippen LogP contribution in [0.15, 0.2) is 47.7 Å². The molecule has 4 rings (SSSR count). The van der Waals surface area contributed by atoms with Gasteiger partial charge < -0.3 is 10.1 Å². The van der Waals surface area contributed by atoms with E-state index in [-0.39, 0.29) is 0 Å². The first-order valence-electron chi connectivity index (χ1n) is 8.45. The lowest BCUT2D eigenvalue weighted by Gasteiger charge is -2.16. The third kappa shape index (κ3) is 4.15. The first-order valence-corrected chi connectivity index (χ1v) is 9.25. The zero-order valence-electron chi connectivity index (χ0n) is 15.2. The van der Waals surface area contributed by atoms with Gasteiger partial charge in [-0.1, -0.05) is 0 Å². The molecule has 0 radical (unpaired) electrons. The minimum atomic E-state index is -4.82. The van der Waals surface area contributed by atoms with E-state index in [1.807, 2.05) is 0 Å². The fourth-order valence-corrected chi connectivity index (χ4v) is 3.32.